The molecule has 2 aromatic heterocycles. The summed E-state index contributed by atoms with van der Waals surface area (Å²) in [5.41, 5.74) is 0.724. The van der Waals surface area contributed by atoms with Gasteiger partial charge in [-0.2, -0.15) is 21.1 Å². The quantitative estimate of drug-likeness (QED) is 0.659. The van der Waals surface area contributed by atoms with Gasteiger partial charge in [-0.05, 0) is 17.5 Å². The van der Waals surface area contributed by atoms with Gasteiger partial charge < -0.3 is 0 Å². The van der Waals surface area contributed by atoms with Crippen molar-refractivity contribution in [2.45, 2.75) is 0 Å². The Labute approximate surface area is 72.9 Å². The Morgan fingerprint density at radius 2 is 2.33 bits per heavy atom. The maximum absolute atomic E-state index is 11.2. The molecule has 0 aliphatic heterocycles. The summed E-state index contributed by atoms with van der Waals surface area (Å²) < 4.78 is 1.37. The van der Waals surface area contributed by atoms with Gasteiger partial charge in [0, 0.05) is 17.6 Å². The average molecular weight is 178 g/mol. The van der Waals surface area contributed by atoms with Gasteiger partial charge >= 0.3 is 0 Å². The van der Waals surface area contributed by atoms with Gasteiger partial charge in [-0.1, -0.05) is 0 Å². The van der Waals surface area contributed by atoms with Crippen LogP contribution in [0.25, 0.3) is 5.69 Å². The van der Waals surface area contributed by atoms with Crippen LogP contribution in [-0.2, 0) is 0 Å². The Bertz CT molecular complexity index is 419. The van der Waals surface area contributed by atoms with Crippen LogP contribution in [-0.4, -0.2) is 9.78 Å². The van der Waals surface area contributed by atoms with Crippen molar-refractivity contribution in [3.63, 3.8) is 0 Å². The van der Waals surface area contributed by atoms with E-state index in [0.29, 0.717) is 0 Å². The summed E-state index contributed by atoms with van der Waals surface area (Å²) >= 11 is 1.54. The number of nitrogens with zero attached hydrogens (tertiary/aromatic N) is 2. The second-order valence-electron chi connectivity index (χ2n) is 2.26. The topological polar surface area (TPSA) is 34.9 Å². The molecule has 0 saturated carbocycles. The van der Waals surface area contributed by atoms with Crippen molar-refractivity contribution < 1.29 is 0 Å². The van der Waals surface area contributed by atoms with E-state index in [1.807, 2.05) is 16.8 Å². The smallest absolute Gasteiger partial charge is 0.267 e. The Morgan fingerprint density at radius 3 is 3.00 bits per heavy atom. The van der Waals surface area contributed by atoms with Crippen LogP contribution >= 0.6 is 11.3 Å². The molecule has 60 valence electrons. The van der Waals surface area contributed by atoms with Crippen molar-refractivity contribution in [1.29, 1.82) is 0 Å². The molecule has 0 amide bonds. The minimum atomic E-state index is -0.101. The fraction of sp³-hybridized carbons (Fsp3) is 0. The Morgan fingerprint density at radius 1 is 1.42 bits per heavy atom. The molecule has 0 aliphatic carbocycles. The molecule has 0 saturated heterocycles. The van der Waals surface area contributed by atoms with Gasteiger partial charge in [0.25, 0.3) is 5.56 Å². The molecule has 2 rings (SSSR count). The van der Waals surface area contributed by atoms with Crippen LogP contribution < -0.4 is 5.56 Å². The van der Waals surface area contributed by atoms with Gasteiger partial charge in [-0.3, -0.25) is 4.79 Å². The van der Waals surface area contributed by atoms with E-state index in [1.165, 1.54) is 10.7 Å². The highest BCUT2D eigenvalue weighted by Gasteiger charge is 1.97. The summed E-state index contributed by atoms with van der Waals surface area (Å²) in [5.74, 6) is 0. The van der Waals surface area contributed by atoms with Gasteiger partial charge in [-0.25, -0.2) is 0 Å². The lowest BCUT2D eigenvalue weighted by atomic mass is 10.5. The van der Waals surface area contributed by atoms with Crippen LogP contribution in [0.5, 0.6) is 0 Å². The Balaban J connectivity index is 2.63. The molecule has 0 aromatic carbocycles. The van der Waals surface area contributed by atoms with E-state index in [4.69, 9.17) is 0 Å². The van der Waals surface area contributed by atoms with Crippen LogP contribution in [0.15, 0.2) is 40.0 Å². The summed E-state index contributed by atoms with van der Waals surface area (Å²) in [7, 11) is 0. The molecule has 2 aromatic rings. The summed E-state index contributed by atoms with van der Waals surface area (Å²) in [5, 5.41) is 7.73. The van der Waals surface area contributed by atoms with Crippen molar-refractivity contribution in [3.05, 3.63) is 45.5 Å². The number of thiophene rings is 1. The molecule has 0 N–H and O–H groups in total. The molecule has 2 heterocycles. The van der Waals surface area contributed by atoms with E-state index in [-0.39, 0.29) is 5.56 Å². The molecule has 4 heteroatoms. The van der Waals surface area contributed by atoms with Crippen LogP contribution in [0.4, 0.5) is 0 Å². The predicted molar refractivity (Wildman–Crippen MR) is 47.7 cm³/mol. The lowest BCUT2D eigenvalue weighted by Crippen LogP contribution is -2.18. The highest BCUT2D eigenvalue weighted by molar-refractivity contribution is 7.08. The number of rotatable bonds is 1. The lowest BCUT2D eigenvalue weighted by Gasteiger charge is -1.97. The molecule has 0 bridgehead atoms. The second kappa shape index (κ2) is 2.91. The summed E-state index contributed by atoms with van der Waals surface area (Å²) in [6, 6.07) is 4.98. The molecular formula is C8H6N2OS. The van der Waals surface area contributed by atoms with Gasteiger partial charge in [0.2, 0.25) is 0 Å². The summed E-state index contributed by atoms with van der Waals surface area (Å²) in [6.07, 6.45) is 1.60. The van der Waals surface area contributed by atoms with Crippen LogP contribution in [0.2, 0.25) is 0 Å². The SMILES string of the molecule is O=c1cccnn1-c1ccsc1. The maximum atomic E-state index is 11.2. The maximum Gasteiger partial charge on any atom is 0.271 e. The first-order valence-corrected chi connectivity index (χ1v) is 4.39. The summed E-state index contributed by atoms with van der Waals surface area (Å²) in [6.45, 7) is 0. The third-order valence-corrected chi connectivity index (χ3v) is 2.14. The molecule has 0 atom stereocenters. The second-order valence-corrected chi connectivity index (χ2v) is 3.04. The van der Waals surface area contributed by atoms with E-state index < -0.39 is 0 Å². The zero-order valence-electron chi connectivity index (χ0n) is 6.18. The minimum absolute atomic E-state index is 0.101. The minimum Gasteiger partial charge on any atom is -0.267 e. The van der Waals surface area contributed by atoms with Gasteiger partial charge in [0.15, 0.2) is 0 Å². The van der Waals surface area contributed by atoms with E-state index in [1.54, 1.807) is 23.6 Å². The normalized spacial score (nSPS) is 10.0. The number of aromatic nitrogens is 2. The lowest BCUT2D eigenvalue weighted by molar-refractivity contribution is 0.810. The van der Waals surface area contributed by atoms with Crippen molar-refractivity contribution in [2.75, 3.05) is 0 Å². The average Bonchev–Trinajstić information content (AvgIpc) is 2.57. The molecule has 0 fully saturated rings. The molecular weight excluding hydrogens is 172 g/mol. The fourth-order valence-electron chi connectivity index (χ4n) is 0.930. The molecule has 0 radical (unpaired) electrons. The number of hydrogen-bond acceptors (Lipinski definition) is 3. The van der Waals surface area contributed by atoms with E-state index in [0.717, 1.165) is 5.69 Å². The van der Waals surface area contributed by atoms with E-state index in [9.17, 15) is 4.79 Å². The Kier molecular flexibility index (Phi) is 1.75. The first-order chi connectivity index (χ1) is 5.88. The van der Waals surface area contributed by atoms with E-state index >= 15 is 0 Å². The van der Waals surface area contributed by atoms with Crippen LogP contribution in [0.3, 0.4) is 0 Å². The zero-order valence-corrected chi connectivity index (χ0v) is 6.99. The third-order valence-electron chi connectivity index (χ3n) is 1.47. The molecule has 0 aliphatic rings. The molecule has 0 unspecified atom stereocenters. The highest BCUT2D eigenvalue weighted by atomic mass is 32.1. The summed E-state index contributed by atoms with van der Waals surface area (Å²) in [4.78, 5) is 11.2. The monoisotopic (exact) mass is 178 g/mol. The van der Waals surface area contributed by atoms with Crippen molar-refractivity contribution in [2.24, 2.45) is 0 Å². The first kappa shape index (κ1) is 7.24. The van der Waals surface area contributed by atoms with Gasteiger partial charge in [0.1, 0.15) is 0 Å². The van der Waals surface area contributed by atoms with E-state index in [2.05, 4.69) is 5.10 Å². The molecule has 3 nitrogen and oxygen atoms in total. The van der Waals surface area contributed by atoms with Crippen LogP contribution in [0, 0.1) is 0 Å². The molecule has 12 heavy (non-hydrogen) atoms. The van der Waals surface area contributed by atoms with Crippen molar-refractivity contribution >= 4 is 11.3 Å². The Hall–Kier alpha value is -1.42. The van der Waals surface area contributed by atoms with Gasteiger partial charge in [-0.15, -0.1) is 0 Å². The fourth-order valence-corrected chi connectivity index (χ4v) is 1.54. The zero-order chi connectivity index (χ0) is 8.39. The van der Waals surface area contributed by atoms with Gasteiger partial charge in [0.05, 0.1) is 5.69 Å². The predicted octanol–water partition coefficient (Wildman–Crippen LogP) is 1.29. The van der Waals surface area contributed by atoms with Crippen LogP contribution in [0.1, 0.15) is 0 Å². The van der Waals surface area contributed by atoms with Crippen molar-refractivity contribution in [1.82, 2.24) is 9.78 Å². The standard InChI is InChI=1S/C8H6N2OS/c11-8-2-1-4-9-10(8)7-3-5-12-6-7/h1-6H. The first-order valence-electron chi connectivity index (χ1n) is 3.45. The largest absolute Gasteiger partial charge is 0.271 e. The molecule has 0 spiro atoms. The third kappa shape index (κ3) is 1.16. The van der Waals surface area contributed by atoms with Crippen molar-refractivity contribution in [3.8, 4) is 5.69 Å². The number of hydrogen-bond donors (Lipinski definition) is 0. The highest BCUT2D eigenvalue weighted by Crippen LogP contribution is 2.07.